The van der Waals surface area contributed by atoms with Crippen molar-refractivity contribution >= 4 is 23.2 Å². The number of hydrogen-bond acceptors (Lipinski definition) is 4. The maximum Gasteiger partial charge on any atom is 0.177 e. The molecule has 149 valence electrons. The van der Waals surface area contributed by atoms with Gasteiger partial charge in [0.25, 0.3) is 0 Å². The van der Waals surface area contributed by atoms with E-state index in [0.717, 1.165) is 58.9 Å². The van der Waals surface area contributed by atoms with Gasteiger partial charge in [-0.3, -0.25) is 4.90 Å². The quantitative estimate of drug-likeness (QED) is 0.330. The van der Waals surface area contributed by atoms with Gasteiger partial charge in [0.1, 0.15) is 0 Å². The first-order chi connectivity index (χ1) is 10.9. The number of hydrogen-bond donors (Lipinski definition) is 0. The first-order valence-corrected chi connectivity index (χ1v) is 9.91. The Morgan fingerprint density at radius 2 is 1.16 bits per heavy atom. The number of likely N-dealkylation sites (N-methyl/N-ethyl adjacent to an activating group) is 2. The van der Waals surface area contributed by atoms with E-state index in [2.05, 4.69) is 61.4 Å². The summed E-state index contributed by atoms with van der Waals surface area (Å²) in [7, 11) is 4.39. The molecule has 2 aliphatic heterocycles. The van der Waals surface area contributed by atoms with Gasteiger partial charge in [0.2, 0.25) is 0 Å². The van der Waals surface area contributed by atoms with Gasteiger partial charge in [0, 0.05) is 81.4 Å². The van der Waals surface area contributed by atoms with Crippen LogP contribution in [0.25, 0.3) is 0 Å². The average Bonchev–Trinajstić information content (AvgIpc) is 2.41. The molecule has 2 rings (SSSR count). The molecule has 2 unspecified atom stereocenters. The van der Waals surface area contributed by atoms with E-state index in [-0.39, 0.29) is 27.9 Å². The van der Waals surface area contributed by atoms with E-state index in [9.17, 15) is 0 Å². The number of halogens is 2. The third kappa shape index (κ3) is 6.22. The molecule has 2 bridgehead atoms. The summed E-state index contributed by atoms with van der Waals surface area (Å²) in [6.45, 7) is 18.2. The standard InChI is InChI=1S/C18H36Cl2N4.Mn/c1-16(2)13-21(5)8-11-24-12-10-23(14-16)9-7-22(6)15-17(3,4)18(24,19)20;/h7-15H2,1-6H3;. The first-order valence-electron chi connectivity index (χ1n) is 9.15. The fraction of sp³-hybridized carbons (Fsp3) is 1.00. The number of alkyl halides is 2. The SMILES string of the molecule is CN1CCN2CCN(CCN(C)CC(C)(C)C2(Cl)Cl)CC(C)(C)C1.[Mn]. The molecule has 4 nitrogen and oxygen atoms in total. The van der Waals surface area contributed by atoms with Crippen LogP contribution in [0.5, 0.6) is 0 Å². The third-order valence-corrected chi connectivity index (χ3v) is 6.96. The largest absolute Gasteiger partial charge is 0.305 e. The second kappa shape index (κ2) is 8.96. The Morgan fingerprint density at radius 3 is 1.80 bits per heavy atom. The molecule has 2 aliphatic rings. The van der Waals surface area contributed by atoms with Crippen LogP contribution in [0, 0.1) is 10.8 Å². The summed E-state index contributed by atoms with van der Waals surface area (Å²) in [4.78, 5) is 9.67. The van der Waals surface area contributed by atoms with Crippen LogP contribution < -0.4 is 0 Å². The fourth-order valence-corrected chi connectivity index (χ4v) is 4.73. The van der Waals surface area contributed by atoms with E-state index in [0.29, 0.717) is 0 Å². The predicted molar refractivity (Wildman–Crippen MR) is 105 cm³/mol. The van der Waals surface area contributed by atoms with Crippen molar-refractivity contribution in [2.75, 3.05) is 73.0 Å². The van der Waals surface area contributed by atoms with Gasteiger partial charge in [-0.1, -0.05) is 50.9 Å². The maximum atomic E-state index is 6.97. The minimum absolute atomic E-state index is 0. The molecule has 0 aliphatic carbocycles. The molecule has 0 aromatic carbocycles. The van der Waals surface area contributed by atoms with Crippen molar-refractivity contribution in [1.29, 1.82) is 0 Å². The predicted octanol–water partition coefficient (Wildman–Crippen LogP) is 2.66. The minimum Gasteiger partial charge on any atom is -0.305 e. The summed E-state index contributed by atoms with van der Waals surface area (Å²) >= 11 is 13.9. The molecule has 25 heavy (non-hydrogen) atoms. The molecule has 0 saturated carbocycles. The smallest absolute Gasteiger partial charge is 0.177 e. The van der Waals surface area contributed by atoms with Crippen molar-refractivity contribution in [3.63, 3.8) is 0 Å². The van der Waals surface area contributed by atoms with E-state index in [4.69, 9.17) is 23.2 Å². The van der Waals surface area contributed by atoms with E-state index in [1.165, 1.54) is 0 Å². The Kier molecular flexibility index (Phi) is 8.59. The second-order valence-electron chi connectivity index (χ2n) is 9.33. The Hall–Kier alpha value is 0.939. The van der Waals surface area contributed by atoms with Gasteiger partial charge in [0.15, 0.2) is 4.46 Å². The van der Waals surface area contributed by atoms with Gasteiger partial charge in [-0.15, -0.1) is 0 Å². The van der Waals surface area contributed by atoms with Crippen molar-refractivity contribution < 1.29 is 17.1 Å². The molecule has 2 saturated heterocycles. The van der Waals surface area contributed by atoms with Crippen LogP contribution in [0.3, 0.4) is 0 Å². The van der Waals surface area contributed by atoms with Crippen LogP contribution >= 0.6 is 23.2 Å². The van der Waals surface area contributed by atoms with Crippen molar-refractivity contribution in [2.24, 2.45) is 10.8 Å². The second-order valence-corrected chi connectivity index (χ2v) is 10.6. The Labute approximate surface area is 175 Å². The maximum absolute atomic E-state index is 6.97. The molecule has 2 fully saturated rings. The average molecular weight is 434 g/mol. The summed E-state index contributed by atoms with van der Waals surface area (Å²) in [6.07, 6.45) is 0. The van der Waals surface area contributed by atoms with Crippen LogP contribution in [0.2, 0.25) is 0 Å². The molecular formula is C18H36Cl2MnN4. The Morgan fingerprint density at radius 1 is 0.680 bits per heavy atom. The zero-order valence-corrected chi connectivity index (χ0v) is 19.5. The molecule has 0 amide bonds. The molecule has 2 heterocycles. The number of nitrogens with zero attached hydrogens (tertiary/aromatic N) is 4. The fourth-order valence-electron chi connectivity index (χ4n) is 4.27. The van der Waals surface area contributed by atoms with E-state index in [1.807, 2.05) is 0 Å². The van der Waals surface area contributed by atoms with Crippen molar-refractivity contribution in [1.82, 2.24) is 19.6 Å². The summed E-state index contributed by atoms with van der Waals surface area (Å²) in [5, 5.41) is 0. The number of rotatable bonds is 0. The van der Waals surface area contributed by atoms with Gasteiger partial charge in [-0.25, -0.2) is 0 Å². The summed E-state index contributed by atoms with van der Waals surface area (Å²) in [6, 6.07) is 0. The molecular weight excluding hydrogens is 398 g/mol. The van der Waals surface area contributed by atoms with E-state index >= 15 is 0 Å². The third-order valence-electron chi connectivity index (χ3n) is 5.46. The van der Waals surface area contributed by atoms with Gasteiger partial charge >= 0.3 is 0 Å². The van der Waals surface area contributed by atoms with Crippen LogP contribution in [0.1, 0.15) is 27.7 Å². The zero-order valence-electron chi connectivity index (χ0n) is 16.8. The molecule has 0 spiro atoms. The van der Waals surface area contributed by atoms with Gasteiger partial charge < -0.3 is 14.7 Å². The number of fused-ring (bicyclic) bond motifs is 3. The molecule has 0 aromatic rings. The van der Waals surface area contributed by atoms with Crippen LogP contribution in [-0.4, -0.2) is 97.1 Å². The summed E-state index contributed by atoms with van der Waals surface area (Å²) < 4.78 is -0.861. The van der Waals surface area contributed by atoms with E-state index in [1.54, 1.807) is 0 Å². The van der Waals surface area contributed by atoms with Crippen LogP contribution in [0.15, 0.2) is 0 Å². The molecule has 1 radical (unpaired) electrons. The Balaban J connectivity index is 0.00000312. The van der Waals surface area contributed by atoms with Gasteiger partial charge in [-0.05, 0) is 19.5 Å². The first kappa shape index (κ1) is 24.0. The monoisotopic (exact) mass is 433 g/mol. The normalized spacial score (nSPS) is 34.1. The van der Waals surface area contributed by atoms with Gasteiger partial charge in [-0.2, -0.15) is 0 Å². The summed E-state index contributed by atoms with van der Waals surface area (Å²) in [5.41, 5.74) is 0.0902. The zero-order chi connectivity index (χ0) is 18.2. The van der Waals surface area contributed by atoms with Crippen LogP contribution in [-0.2, 0) is 17.1 Å². The van der Waals surface area contributed by atoms with E-state index < -0.39 is 4.46 Å². The summed E-state index contributed by atoms with van der Waals surface area (Å²) in [5.74, 6) is 0. The van der Waals surface area contributed by atoms with Crippen molar-refractivity contribution in [2.45, 2.75) is 32.2 Å². The molecule has 2 atom stereocenters. The molecule has 0 N–H and O–H groups in total. The van der Waals surface area contributed by atoms with Crippen molar-refractivity contribution in [3.05, 3.63) is 0 Å². The Bertz CT molecular complexity index is 431. The molecule has 7 heteroatoms. The topological polar surface area (TPSA) is 13.0 Å². The van der Waals surface area contributed by atoms with Crippen molar-refractivity contribution in [3.8, 4) is 0 Å². The molecule has 0 aromatic heterocycles. The minimum atomic E-state index is -0.861. The van der Waals surface area contributed by atoms with Crippen LogP contribution in [0.4, 0.5) is 0 Å². The van der Waals surface area contributed by atoms with Gasteiger partial charge in [0.05, 0.1) is 0 Å².